The molecule has 0 aromatic carbocycles. The van der Waals surface area contributed by atoms with Gasteiger partial charge in [-0.1, -0.05) is 13.5 Å². The zero-order chi connectivity index (χ0) is 21.7. The minimum absolute atomic E-state index is 0.130. The van der Waals surface area contributed by atoms with E-state index in [4.69, 9.17) is 9.72 Å². The molecule has 30 heavy (non-hydrogen) atoms. The van der Waals surface area contributed by atoms with Crippen LogP contribution in [0.1, 0.15) is 37.4 Å². The fraction of sp³-hybridized carbons (Fsp3) is 0.636. The lowest BCUT2D eigenvalue weighted by Crippen LogP contribution is -2.55. The number of piperazine rings is 1. The van der Waals surface area contributed by atoms with E-state index in [9.17, 15) is 10.1 Å². The quantitative estimate of drug-likeness (QED) is 0.633. The van der Waals surface area contributed by atoms with Gasteiger partial charge in [0.2, 0.25) is 5.91 Å². The second kappa shape index (κ2) is 9.90. The fourth-order valence-electron chi connectivity index (χ4n) is 4.39. The molecule has 2 fully saturated rings. The van der Waals surface area contributed by atoms with Gasteiger partial charge >= 0.3 is 6.01 Å². The number of amides is 1. The summed E-state index contributed by atoms with van der Waals surface area (Å²) in [7, 11) is 2.12. The number of ether oxygens (including phenoxy) is 1. The lowest BCUT2D eigenvalue weighted by atomic mass is 10.1. The third kappa shape index (κ3) is 4.73. The van der Waals surface area contributed by atoms with Gasteiger partial charge in [-0.25, -0.2) is 4.98 Å². The van der Waals surface area contributed by atoms with E-state index in [1.807, 2.05) is 6.92 Å². The average molecular weight is 413 g/mol. The molecule has 1 aromatic heterocycles. The van der Waals surface area contributed by atoms with Crippen LogP contribution >= 0.6 is 0 Å². The van der Waals surface area contributed by atoms with Crippen molar-refractivity contribution in [1.29, 1.82) is 5.26 Å². The molecule has 2 aliphatic rings. The van der Waals surface area contributed by atoms with E-state index in [0.717, 1.165) is 36.5 Å². The van der Waals surface area contributed by atoms with Gasteiger partial charge in [-0.3, -0.25) is 4.79 Å². The summed E-state index contributed by atoms with van der Waals surface area (Å²) in [5.74, 6) is 0.725. The summed E-state index contributed by atoms with van der Waals surface area (Å²) in [6.07, 6.45) is 4.72. The third-order valence-electron chi connectivity index (χ3n) is 6.17. The molecule has 8 nitrogen and oxygen atoms in total. The normalized spacial score (nSPS) is 22.1. The molecule has 8 heteroatoms. The van der Waals surface area contributed by atoms with Crippen LogP contribution in [0.2, 0.25) is 0 Å². The molecule has 0 spiro atoms. The predicted molar refractivity (Wildman–Crippen MR) is 115 cm³/mol. The molecule has 0 N–H and O–H groups in total. The van der Waals surface area contributed by atoms with Crippen molar-refractivity contribution >= 4 is 11.7 Å². The van der Waals surface area contributed by atoms with Crippen molar-refractivity contribution < 1.29 is 9.53 Å². The number of likely N-dealkylation sites (N-methyl/N-ethyl adjacent to an activating group) is 1. The molecular weight excluding hydrogens is 380 g/mol. The second-order valence-electron chi connectivity index (χ2n) is 8.03. The summed E-state index contributed by atoms with van der Waals surface area (Å²) >= 11 is 0. The van der Waals surface area contributed by atoms with Crippen molar-refractivity contribution in [3.05, 3.63) is 23.9 Å². The first-order valence-corrected chi connectivity index (χ1v) is 10.7. The Hall–Kier alpha value is -2.66. The monoisotopic (exact) mass is 412 g/mol. The third-order valence-corrected chi connectivity index (χ3v) is 6.17. The van der Waals surface area contributed by atoms with Crippen molar-refractivity contribution in [3.63, 3.8) is 0 Å². The highest BCUT2D eigenvalue weighted by Gasteiger charge is 2.31. The molecule has 2 saturated heterocycles. The van der Waals surface area contributed by atoms with E-state index >= 15 is 0 Å². The molecule has 0 radical (unpaired) electrons. The summed E-state index contributed by atoms with van der Waals surface area (Å²) in [4.78, 5) is 27.8. The molecule has 1 unspecified atom stereocenters. The van der Waals surface area contributed by atoms with E-state index in [1.165, 1.54) is 12.5 Å². The summed E-state index contributed by atoms with van der Waals surface area (Å²) in [6.45, 7) is 11.1. The largest absolute Gasteiger partial charge is 0.462 e. The minimum Gasteiger partial charge on any atom is -0.462 e. The Morgan fingerprint density at radius 1 is 1.33 bits per heavy atom. The molecule has 2 aliphatic heterocycles. The predicted octanol–water partition coefficient (Wildman–Crippen LogP) is 1.94. The Labute approximate surface area is 179 Å². The van der Waals surface area contributed by atoms with Gasteiger partial charge in [-0.15, -0.1) is 0 Å². The van der Waals surface area contributed by atoms with E-state index in [2.05, 4.69) is 41.4 Å². The standard InChI is InChI=1S/C22H32N6O2/c1-5-19-16(3)24-22(30-15-18-8-7-11-26(18)4)25-21(19)27-12-13-28(20(29)6-2)17(14-27)9-10-23/h6,17-18H,2,5,7-9,11-15H2,1,3-4H3/t17?,18-/m0/s1. The molecule has 1 aromatic rings. The Morgan fingerprint density at radius 3 is 2.77 bits per heavy atom. The van der Waals surface area contributed by atoms with Crippen LogP contribution in [-0.4, -0.2) is 77.6 Å². The van der Waals surface area contributed by atoms with Crippen LogP contribution in [0.4, 0.5) is 5.82 Å². The van der Waals surface area contributed by atoms with Crippen molar-refractivity contribution in [2.75, 3.05) is 44.7 Å². The highest BCUT2D eigenvalue weighted by atomic mass is 16.5. The minimum atomic E-state index is -0.189. The van der Waals surface area contributed by atoms with Gasteiger partial charge in [0.05, 0.1) is 18.5 Å². The first-order valence-electron chi connectivity index (χ1n) is 10.7. The molecule has 0 saturated carbocycles. The maximum Gasteiger partial charge on any atom is 0.318 e. The van der Waals surface area contributed by atoms with E-state index in [0.29, 0.717) is 38.3 Å². The molecule has 0 bridgehead atoms. The number of hydrogen-bond donors (Lipinski definition) is 0. The van der Waals surface area contributed by atoms with Crippen molar-refractivity contribution in [2.24, 2.45) is 0 Å². The summed E-state index contributed by atoms with van der Waals surface area (Å²) in [5.41, 5.74) is 2.00. The summed E-state index contributed by atoms with van der Waals surface area (Å²) in [5, 5.41) is 9.25. The highest BCUT2D eigenvalue weighted by molar-refractivity contribution is 5.87. The lowest BCUT2D eigenvalue weighted by molar-refractivity contribution is -0.128. The number of rotatable bonds is 7. The van der Waals surface area contributed by atoms with E-state index in [1.54, 1.807) is 4.90 Å². The number of hydrogen-bond acceptors (Lipinski definition) is 7. The Bertz CT molecular complexity index is 821. The molecule has 3 heterocycles. The molecule has 3 rings (SSSR count). The first kappa shape index (κ1) is 22.0. The van der Waals surface area contributed by atoms with Gasteiger partial charge in [0.25, 0.3) is 0 Å². The van der Waals surface area contributed by atoms with Crippen LogP contribution in [0.5, 0.6) is 6.01 Å². The Kier molecular flexibility index (Phi) is 7.27. The number of aromatic nitrogens is 2. The van der Waals surface area contributed by atoms with E-state index < -0.39 is 0 Å². The summed E-state index contributed by atoms with van der Waals surface area (Å²) < 4.78 is 6.00. The highest BCUT2D eigenvalue weighted by Crippen LogP contribution is 2.27. The number of anilines is 1. The molecule has 1 amide bonds. The van der Waals surface area contributed by atoms with Crippen LogP contribution in [0.15, 0.2) is 12.7 Å². The maximum atomic E-state index is 12.2. The van der Waals surface area contributed by atoms with Crippen LogP contribution < -0.4 is 9.64 Å². The van der Waals surface area contributed by atoms with Gasteiger partial charge < -0.3 is 19.4 Å². The van der Waals surface area contributed by atoms with E-state index in [-0.39, 0.29) is 18.4 Å². The Morgan fingerprint density at radius 2 is 2.13 bits per heavy atom. The van der Waals surface area contributed by atoms with Gasteiger partial charge in [-0.05, 0) is 45.9 Å². The molecular formula is C22H32N6O2. The second-order valence-corrected chi connectivity index (χ2v) is 8.03. The van der Waals surface area contributed by atoms with Crippen molar-refractivity contribution in [2.45, 2.75) is 51.6 Å². The average Bonchev–Trinajstić information content (AvgIpc) is 3.16. The molecule has 162 valence electrons. The van der Waals surface area contributed by atoms with Gasteiger partial charge in [0, 0.05) is 36.9 Å². The van der Waals surface area contributed by atoms with Crippen LogP contribution in [-0.2, 0) is 11.2 Å². The van der Waals surface area contributed by atoms with Crippen LogP contribution in [0.25, 0.3) is 0 Å². The van der Waals surface area contributed by atoms with Gasteiger partial charge in [-0.2, -0.15) is 10.2 Å². The SMILES string of the molecule is C=CC(=O)N1CCN(c2nc(OC[C@@H]3CCCN3C)nc(C)c2CC)CC1CC#N. The zero-order valence-corrected chi connectivity index (χ0v) is 18.3. The van der Waals surface area contributed by atoms with Crippen molar-refractivity contribution in [3.8, 4) is 12.1 Å². The topological polar surface area (TPSA) is 85.6 Å². The van der Waals surface area contributed by atoms with Crippen LogP contribution in [0, 0.1) is 18.3 Å². The summed E-state index contributed by atoms with van der Waals surface area (Å²) in [6, 6.07) is 2.82. The maximum absolute atomic E-state index is 12.2. The Balaban J connectivity index is 1.81. The number of likely N-dealkylation sites (tertiary alicyclic amines) is 1. The number of carbonyl (C=O) groups excluding carboxylic acids is 1. The smallest absolute Gasteiger partial charge is 0.318 e. The zero-order valence-electron chi connectivity index (χ0n) is 18.3. The van der Waals surface area contributed by atoms with Gasteiger partial charge in [0.1, 0.15) is 12.4 Å². The molecule has 2 atom stereocenters. The first-order chi connectivity index (χ1) is 14.5. The fourth-order valence-corrected chi connectivity index (χ4v) is 4.39. The van der Waals surface area contributed by atoms with Gasteiger partial charge in [0.15, 0.2) is 0 Å². The number of nitrogens with zero attached hydrogens (tertiary/aromatic N) is 6. The van der Waals surface area contributed by atoms with Crippen molar-refractivity contribution in [1.82, 2.24) is 19.8 Å². The van der Waals surface area contributed by atoms with Crippen LogP contribution in [0.3, 0.4) is 0 Å². The number of carbonyl (C=O) groups is 1. The number of nitriles is 1. The lowest BCUT2D eigenvalue weighted by Gasteiger charge is -2.41. The molecule has 0 aliphatic carbocycles. The number of aryl methyl sites for hydroxylation is 1.